The lowest BCUT2D eigenvalue weighted by molar-refractivity contribution is -0.384. The zero-order valence-corrected chi connectivity index (χ0v) is 15.3. The Kier molecular flexibility index (Phi) is 5.48. The zero-order chi connectivity index (χ0) is 19.6. The Balaban J connectivity index is 1.66. The monoisotopic (exact) mass is 409 g/mol. The third-order valence-corrected chi connectivity index (χ3v) is 4.48. The summed E-state index contributed by atoms with van der Waals surface area (Å²) in [7, 11) is 0. The Bertz CT molecular complexity index is 1090. The van der Waals surface area contributed by atoms with E-state index in [1.807, 2.05) is 0 Å². The van der Waals surface area contributed by atoms with Gasteiger partial charge in [0, 0.05) is 22.7 Å². The number of oxazole rings is 1. The molecule has 0 unspecified atom stereocenters. The molecule has 0 atom stereocenters. The van der Waals surface area contributed by atoms with Crippen molar-refractivity contribution in [1.29, 1.82) is 0 Å². The summed E-state index contributed by atoms with van der Waals surface area (Å²) in [4.78, 5) is 34.3. The molecule has 0 spiro atoms. The number of carbonyl (C=O) groups is 1. The molecule has 0 aliphatic rings. The van der Waals surface area contributed by atoms with Crippen molar-refractivity contribution in [3.05, 3.63) is 72.7 Å². The van der Waals surface area contributed by atoms with Crippen molar-refractivity contribution in [2.45, 2.75) is 13.0 Å². The maximum absolute atomic E-state index is 12.1. The van der Waals surface area contributed by atoms with Crippen LogP contribution in [0.15, 0.2) is 45.6 Å². The highest BCUT2D eigenvalue weighted by atomic mass is 35.5. The molecule has 1 aromatic heterocycles. The molecule has 0 saturated heterocycles. The summed E-state index contributed by atoms with van der Waals surface area (Å²) in [6.07, 6.45) is 0.495. The molecule has 3 rings (SSSR count). The summed E-state index contributed by atoms with van der Waals surface area (Å²) in [5.41, 5.74) is 0.990. The number of carbonyl (C=O) groups excluding carboxylic acids is 1. The summed E-state index contributed by atoms with van der Waals surface area (Å²) < 4.78 is 6.10. The van der Waals surface area contributed by atoms with Crippen LogP contribution in [0.1, 0.15) is 5.56 Å². The minimum absolute atomic E-state index is 0.0509. The van der Waals surface area contributed by atoms with Crippen LogP contribution in [0.5, 0.6) is 0 Å². The topological polar surface area (TPSA) is 107 Å². The number of benzene rings is 2. The molecule has 0 radical (unpaired) electrons. The van der Waals surface area contributed by atoms with Gasteiger partial charge in [-0.1, -0.05) is 29.3 Å². The van der Waals surface area contributed by atoms with E-state index in [0.717, 1.165) is 16.2 Å². The highest BCUT2D eigenvalue weighted by Crippen LogP contribution is 2.21. The van der Waals surface area contributed by atoms with Crippen molar-refractivity contribution >= 4 is 45.9 Å². The van der Waals surface area contributed by atoms with Crippen molar-refractivity contribution < 1.29 is 14.1 Å². The first-order valence-corrected chi connectivity index (χ1v) is 8.59. The van der Waals surface area contributed by atoms with Crippen LogP contribution in [0.25, 0.3) is 11.1 Å². The predicted octanol–water partition coefficient (Wildman–Crippen LogP) is 3.17. The Morgan fingerprint density at radius 1 is 1.22 bits per heavy atom. The highest BCUT2D eigenvalue weighted by molar-refractivity contribution is 6.35. The van der Waals surface area contributed by atoms with E-state index in [9.17, 15) is 19.7 Å². The minimum Gasteiger partial charge on any atom is -0.407 e. The number of fused-ring (bicyclic) bond motifs is 1. The number of aromatic nitrogens is 1. The van der Waals surface area contributed by atoms with Crippen molar-refractivity contribution in [3.8, 4) is 0 Å². The molecule has 27 heavy (non-hydrogen) atoms. The van der Waals surface area contributed by atoms with E-state index in [2.05, 4.69) is 5.32 Å². The molecule has 2 aromatic carbocycles. The molecule has 8 nitrogen and oxygen atoms in total. The van der Waals surface area contributed by atoms with Crippen LogP contribution in [0, 0.1) is 10.1 Å². The molecule has 140 valence electrons. The molecule has 0 fully saturated rings. The van der Waals surface area contributed by atoms with Crippen LogP contribution in [-0.4, -0.2) is 21.9 Å². The van der Waals surface area contributed by atoms with E-state index in [1.54, 1.807) is 18.2 Å². The van der Waals surface area contributed by atoms with Crippen LogP contribution in [0.2, 0.25) is 10.0 Å². The summed E-state index contributed by atoms with van der Waals surface area (Å²) >= 11 is 11.9. The lowest BCUT2D eigenvalue weighted by Crippen LogP contribution is -2.32. The first-order valence-electron chi connectivity index (χ1n) is 7.83. The van der Waals surface area contributed by atoms with Crippen molar-refractivity contribution in [1.82, 2.24) is 9.88 Å². The van der Waals surface area contributed by atoms with Gasteiger partial charge in [-0.25, -0.2) is 4.79 Å². The van der Waals surface area contributed by atoms with Crippen LogP contribution in [-0.2, 0) is 17.8 Å². The fourth-order valence-electron chi connectivity index (χ4n) is 2.58. The second kappa shape index (κ2) is 7.81. The molecule has 1 N–H and O–H groups in total. The Morgan fingerprint density at radius 2 is 2.00 bits per heavy atom. The first-order chi connectivity index (χ1) is 12.8. The number of nitrogens with zero attached hydrogens (tertiary/aromatic N) is 2. The molecule has 1 amide bonds. The van der Waals surface area contributed by atoms with Gasteiger partial charge in [-0.3, -0.25) is 19.5 Å². The van der Waals surface area contributed by atoms with E-state index < -0.39 is 16.6 Å². The normalized spacial score (nSPS) is 10.9. The van der Waals surface area contributed by atoms with E-state index in [4.69, 9.17) is 27.6 Å². The number of hydrogen-bond acceptors (Lipinski definition) is 5. The third kappa shape index (κ3) is 4.29. The number of nitro benzene ring substituents is 1. The molecular weight excluding hydrogens is 397 g/mol. The number of amides is 1. The van der Waals surface area contributed by atoms with Gasteiger partial charge in [0.2, 0.25) is 5.91 Å². The van der Waals surface area contributed by atoms with E-state index >= 15 is 0 Å². The summed E-state index contributed by atoms with van der Waals surface area (Å²) in [5, 5.41) is 14.5. The molecule has 0 aliphatic carbocycles. The lowest BCUT2D eigenvalue weighted by atomic mass is 10.1. The summed E-state index contributed by atoms with van der Waals surface area (Å²) in [5.74, 6) is -1.16. The number of rotatable bonds is 6. The SMILES string of the molecule is O=C(Cn1c(=O)oc2cc([N+](=O)[O-])ccc21)NCCc1ccc(Cl)cc1Cl. The molecule has 3 aromatic rings. The van der Waals surface area contributed by atoms with Gasteiger partial charge >= 0.3 is 5.76 Å². The first kappa shape index (κ1) is 18.9. The quantitative estimate of drug-likeness (QED) is 0.496. The number of halogens is 2. The summed E-state index contributed by atoms with van der Waals surface area (Å²) in [6, 6.07) is 8.87. The average molecular weight is 410 g/mol. The maximum Gasteiger partial charge on any atom is 0.420 e. The van der Waals surface area contributed by atoms with Gasteiger partial charge in [0.05, 0.1) is 16.5 Å². The largest absolute Gasteiger partial charge is 0.420 e. The molecule has 1 heterocycles. The average Bonchev–Trinajstić information content (AvgIpc) is 2.91. The number of nitrogens with one attached hydrogen (secondary N) is 1. The number of non-ortho nitro benzene ring substituents is 1. The van der Waals surface area contributed by atoms with Crippen molar-refractivity contribution in [2.75, 3.05) is 6.54 Å². The fourth-order valence-corrected chi connectivity index (χ4v) is 3.08. The summed E-state index contributed by atoms with van der Waals surface area (Å²) in [6.45, 7) is 0.0498. The van der Waals surface area contributed by atoms with Gasteiger partial charge < -0.3 is 9.73 Å². The van der Waals surface area contributed by atoms with Gasteiger partial charge in [0.25, 0.3) is 5.69 Å². The number of hydrogen-bond donors (Lipinski definition) is 1. The number of nitro groups is 1. The van der Waals surface area contributed by atoms with Crippen LogP contribution >= 0.6 is 23.2 Å². The van der Waals surface area contributed by atoms with Crippen LogP contribution in [0.3, 0.4) is 0 Å². The minimum atomic E-state index is -0.763. The van der Waals surface area contributed by atoms with Crippen molar-refractivity contribution in [3.63, 3.8) is 0 Å². The van der Waals surface area contributed by atoms with Gasteiger partial charge in [-0.05, 0) is 30.2 Å². The fraction of sp³-hybridized carbons (Fsp3) is 0.176. The smallest absolute Gasteiger partial charge is 0.407 e. The van der Waals surface area contributed by atoms with Gasteiger partial charge in [-0.2, -0.15) is 0 Å². The van der Waals surface area contributed by atoms with E-state index in [1.165, 1.54) is 12.1 Å². The second-order valence-electron chi connectivity index (χ2n) is 5.70. The van der Waals surface area contributed by atoms with E-state index in [0.29, 0.717) is 28.5 Å². The third-order valence-electron chi connectivity index (χ3n) is 3.90. The predicted molar refractivity (Wildman–Crippen MR) is 100 cm³/mol. The van der Waals surface area contributed by atoms with Crippen LogP contribution in [0.4, 0.5) is 5.69 Å². The molecule has 0 saturated carbocycles. The second-order valence-corrected chi connectivity index (χ2v) is 6.54. The zero-order valence-electron chi connectivity index (χ0n) is 13.8. The van der Waals surface area contributed by atoms with Gasteiger partial charge in [0.15, 0.2) is 5.58 Å². The van der Waals surface area contributed by atoms with Crippen molar-refractivity contribution in [2.24, 2.45) is 0 Å². The molecular formula is C17H13Cl2N3O5. The Labute approximate surface area is 162 Å². The van der Waals surface area contributed by atoms with Crippen LogP contribution < -0.4 is 11.1 Å². The van der Waals surface area contributed by atoms with E-state index in [-0.39, 0.29) is 17.8 Å². The Hall–Kier alpha value is -2.84. The lowest BCUT2D eigenvalue weighted by Gasteiger charge is -2.07. The maximum atomic E-state index is 12.1. The Morgan fingerprint density at radius 3 is 2.70 bits per heavy atom. The standard InChI is InChI=1S/C17H13Cl2N3O5/c18-11-2-1-10(13(19)7-11)5-6-20-16(23)9-21-14-4-3-12(22(25)26)8-15(14)27-17(21)24/h1-4,7-8H,5-6,9H2,(H,20,23). The molecule has 10 heteroatoms. The van der Waals surface area contributed by atoms with Gasteiger partial charge in [-0.15, -0.1) is 0 Å². The highest BCUT2D eigenvalue weighted by Gasteiger charge is 2.16. The van der Waals surface area contributed by atoms with Gasteiger partial charge in [0.1, 0.15) is 6.54 Å². The molecule has 0 bridgehead atoms. The molecule has 0 aliphatic heterocycles.